The molecule has 2 rings (SSSR count). The predicted molar refractivity (Wildman–Crippen MR) is 61.0 cm³/mol. The number of hydrogen-bond donors (Lipinski definition) is 3. The highest BCUT2D eigenvalue weighted by molar-refractivity contribution is 5.81. The zero-order valence-electron chi connectivity index (χ0n) is 8.64. The number of anilines is 1. The van der Waals surface area contributed by atoms with Crippen molar-refractivity contribution in [2.45, 2.75) is 19.2 Å². The monoisotopic (exact) mass is 205 g/mol. The summed E-state index contributed by atoms with van der Waals surface area (Å²) in [6.45, 7) is 2.52. The third-order valence-corrected chi connectivity index (χ3v) is 2.39. The standard InChI is InChI=1S/C11H15N3O/c1-8-12-7-10(13-8)11(15)14-9-5-3-2-4-6-9/h2-6,10-11,14-15H,7H2,1H3,(H,12,13). The highest BCUT2D eigenvalue weighted by Gasteiger charge is 2.22. The summed E-state index contributed by atoms with van der Waals surface area (Å²) in [6.07, 6.45) is -0.617. The summed E-state index contributed by atoms with van der Waals surface area (Å²) in [5.74, 6) is 0.883. The summed E-state index contributed by atoms with van der Waals surface area (Å²) in [4.78, 5) is 4.19. The number of aliphatic hydroxyl groups excluding tert-OH is 1. The van der Waals surface area contributed by atoms with Gasteiger partial charge in [-0.1, -0.05) is 18.2 Å². The van der Waals surface area contributed by atoms with Gasteiger partial charge in [-0.2, -0.15) is 0 Å². The van der Waals surface area contributed by atoms with E-state index in [9.17, 15) is 5.11 Å². The molecule has 0 aromatic heterocycles. The van der Waals surface area contributed by atoms with Crippen molar-refractivity contribution >= 4 is 11.5 Å². The Hall–Kier alpha value is -1.55. The van der Waals surface area contributed by atoms with E-state index in [1.807, 2.05) is 37.3 Å². The van der Waals surface area contributed by atoms with E-state index in [2.05, 4.69) is 15.6 Å². The van der Waals surface area contributed by atoms with Gasteiger partial charge in [0.25, 0.3) is 0 Å². The quantitative estimate of drug-likeness (QED) is 0.640. The molecule has 1 aromatic carbocycles. The lowest BCUT2D eigenvalue weighted by molar-refractivity contribution is 0.170. The minimum absolute atomic E-state index is 0.0368. The molecule has 0 aliphatic carbocycles. The Morgan fingerprint density at radius 1 is 1.47 bits per heavy atom. The summed E-state index contributed by atoms with van der Waals surface area (Å²) in [5.41, 5.74) is 0.913. The summed E-state index contributed by atoms with van der Waals surface area (Å²) < 4.78 is 0. The average Bonchev–Trinajstić information content (AvgIpc) is 2.66. The molecule has 4 nitrogen and oxygen atoms in total. The van der Waals surface area contributed by atoms with E-state index < -0.39 is 6.23 Å². The normalized spacial score (nSPS) is 21.7. The highest BCUT2D eigenvalue weighted by atomic mass is 16.3. The first-order chi connectivity index (χ1) is 7.25. The minimum Gasteiger partial charge on any atom is -0.372 e. The second-order valence-electron chi connectivity index (χ2n) is 3.63. The van der Waals surface area contributed by atoms with Gasteiger partial charge < -0.3 is 15.7 Å². The molecule has 0 amide bonds. The molecule has 0 radical (unpaired) electrons. The smallest absolute Gasteiger partial charge is 0.146 e. The van der Waals surface area contributed by atoms with Gasteiger partial charge >= 0.3 is 0 Å². The van der Waals surface area contributed by atoms with E-state index in [-0.39, 0.29) is 6.04 Å². The summed E-state index contributed by atoms with van der Waals surface area (Å²) >= 11 is 0. The molecule has 2 atom stereocenters. The number of nitrogens with zero attached hydrogens (tertiary/aromatic N) is 1. The number of benzene rings is 1. The third kappa shape index (κ3) is 2.47. The lowest BCUT2D eigenvalue weighted by Gasteiger charge is -2.20. The molecular weight excluding hydrogens is 190 g/mol. The van der Waals surface area contributed by atoms with Gasteiger partial charge in [-0.3, -0.25) is 4.99 Å². The third-order valence-electron chi connectivity index (χ3n) is 2.39. The number of hydrogen-bond acceptors (Lipinski definition) is 4. The van der Waals surface area contributed by atoms with Crippen molar-refractivity contribution in [1.82, 2.24) is 5.32 Å². The molecular formula is C11H15N3O. The fourth-order valence-electron chi connectivity index (χ4n) is 1.58. The molecule has 0 spiro atoms. The molecule has 0 bridgehead atoms. The van der Waals surface area contributed by atoms with Gasteiger partial charge in [-0.05, 0) is 19.1 Å². The average molecular weight is 205 g/mol. The summed E-state index contributed by atoms with van der Waals surface area (Å²) in [5, 5.41) is 16.0. The molecule has 0 saturated carbocycles. The van der Waals surface area contributed by atoms with E-state index >= 15 is 0 Å². The SMILES string of the molecule is CC1=NCC(C(O)Nc2ccccc2)N1. The van der Waals surface area contributed by atoms with Crippen molar-refractivity contribution < 1.29 is 5.11 Å². The van der Waals surface area contributed by atoms with Gasteiger partial charge in [0.2, 0.25) is 0 Å². The minimum atomic E-state index is -0.617. The molecule has 3 N–H and O–H groups in total. The van der Waals surface area contributed by atoms with Crippen molar-refractivity contribution in [3.63, 3.8) is 0 Å². The lowest BCUT2D eigenvalue weighted by atomic mass is 10.2. The number of aliphatic hydroxyl groups is 1. The molecule has 1 aromatic rings. The molecule has 15 heavy (non-hydrogen) atoms. The van der Waals surface area contributed by atoms with Crippen LogP contribution in [0.1, 0.15) is 6.92 Å². The maximum absolute atomic E-state index is 9.87. The van der Waals surface area contributed by atoms with Crippen LogP contribution in [0, 0.1) is 0 Å². The van der Waals surface area contributed by atoms with E-state index in [4.69, 9.17) is 0 Å². The van der Waals surface area contributed by atoms with Gasteiger partial charge in [0.05, 0.1) is 18.4 Å². The molecule has 1 aliphatic rings. The number of amidine groups is 1. The first-order valence-corrected chi connectivity index (χ1v) is 5.03. The second-order valence-corrected chi connectivity index (χ2v) is 3.63. The van der Waals surface area contributed by atoms with Gasteiger partial charge in [0, 0.05) is 5.69 Å². The predicted octanol–water partition coefficient (Wildman–Crippen LogP) is 0.807. The van der Waals surface area contributed by atoms with Crippen molar-refractivity contribution in [3.05, 3.63) is 30.3 Å². The molecule has 0 saturated heterocycles. The fourth-order valence-corrected chi connectivity index (χ4v) is 1.58. The van der Waals surface area contributed by atoms with Crippen molar-refractivity contribution in [2.75, 3.05) is 11.9 Å². The lowest BCUT2D eigenvalue weighted by Crippen LogP contribution is -2.43. The van der Waals surface area contributed by atoms with Crippen LogP contribution in [-0.4, -0.2) is 29.8 Å². The number of para-hydroxylation sites is 1. The van der Waals surface area contributed by atoms with Crippen LogP contribution < -0.4 is 10.6 Å². The van der Waals surface area contributed by atoms with Gasteiger partial charge in [-0.15, -0.1) is 0 Å². The Labute approximate surface area is 89.0 Å². The molecule has 1 aliphatic heterocycles. The number of rotatable bonds is 3. The Balaban J connectivity index is 1.91. The van der Waals surface area contributed by atoms with E-state index in [0.29, 0.717) is 6.54 Å². The van der Waals surface area contributed by atoms with Crippen molar-refractivity contribution in [2.24, 2.45) is 4.99 Å². The molecule has 80 valence electrons. The fraction of sp³-hybridized carbons (Fsp3) is 0.364. The second kappa shape index (κ2) is 4.31. The van der Waals surface area contributed by atoms with Crippen LogP contribution >= 0.6 is 0 Å². The van der Waals surface area contributed by atoms with E-state index in [1.165, 1.54) is 0 Å². The Morgan fingerprint density at radius 3 is 2.80 bits per heavy atom. The van der Waals surface area contributed by atoms with Crippen LogP contribution in [0.5, 0.6) is 0 Å². The zero-order valence-corrected chi connectivity index (χ0v) is 8.64. The molecule has 1 heterocycles. The maximum atomic E-state index is 9.87. The Bertz CT molecular complexity index is 350. The van der Waals surface area contributed by atoms with Crippen LogP contribution in [0.25, 0.3) is 0 Å². The maximum Gasteiger partial charge on any atom is 0.146 e. The number of aliphatic imine (C=N–C) groups is 1. The Kier molecular flexibility index (Phi) is 2.87. The van der Waals surface area contributed by atoms with Crippen LogP contribution in [0.2, 0.25) is 0 Å². The van der Waals surface area contributed by atoms with Crippen LogP contribution in [-0.2, 0) is 0 Å². The van der Waals surface area contributed by atoms with Gasteiger partial charge in [0.1, 0.15) is 6.23 Å². The van der Waals surface area contributed by atoms with E-state index in [0.717, 1.165) is 11.5 Å². The topological polar surface area (TPSA) is 56.7 Å². The van der Waals surface area contributed by atoms with Crippen LogP contribution in [0.4, 0.5) is 5.69 Å². The highest BCUT2D eigenvalue weighted by Crippen LogP contribution is 2.09. The molecule has 2 unspecified atom stereocenters. The van der Waals surface area contributed by atoms with Gasteiger partial charge in [0.15, 0.2) is 0 Å². The first kappa shape index (κ1) is 9.98. The largest absolute Gasteiger partial charge is 0.372 e. The molecule has 0 fully saturated rings. The zero-order chi connectivity index (χ0) is 10.7. The number of nitrogens with one attached hydrogen (secondary N) is 2. The summed E-state index contributed by atoms with van der Waals surface area (Å²) in [6, 6.07) is 9.61. The van der Waals surface area contributed by atoms with Crippen LogP contribution in [0.15, 0.2) is 35.3 Å². The van der Waals surface area contributed by atoms with Crippen molar-refractivity contribution in [1.29, 1.82) is 0 Å². The first-order valence-electron chi connectivity index (χ1n) is 5.03. The molecule has 4 heteroatoms. The summed E-state index contributed by atoms with van der Waals surface area (Å²) in [7, 11) is 0. The van der Waals surface area contributed by atoms with Crippen LogP contribution in [0.3, 0.4) is 0 Å². The Morgan fingerprint density at radius 2 is 2.20 bits per heavy atom. The van der Waals surface area contributed by atoms with E-state index in [1.54, 1.807) is 0 Å². The van der Waals surface area contributed by atoms with Crippen molar-refractivity contribution in [3.8, 4) is 0 Å². The van der Waals surface area contributed by atoms with Gasteiger partial charge in [-0.25, -0.2) is 0 Å².